The van der Waals surface area contributed by atoms with Gasteiger partial charge in [-0.25, -0.2) is 0 Å². The van der Waals surface area contributed by atoms with Crippen LogP contribution < -0.4 is 15.0 Å². The van der Waals surface area contributed by atoms with Gasteiger partial charge in [0.25, 0.3) is 0 Å². The van der Waals surface area contributed by atoms with E-state index in [0.717, 1.165) is 51.1 Å². The van der Waals surface area contributed by atoms with E-state index in [1.165, 1.54) is 16.8 Å². The lowest BCUT2D eigenvalue weighted by atomic mass is 9.66. The van der Waals surface area contributed by atoms with Gasteiger partial charge in [-0.05, 0) is 62.9 Å². The second-order valence-corrected chi connectivity index (χ2v) is 9.05. The molecule has 0 aliphatic carbocycles. The van der Waals surface area contributed by atoms with Crippen molar-refractivity contribution < 1.29 is 9.47 Å². The van der Waals surface area contributed by atoms with Crippen LogP contribution in [0, 0.1) is 0 Å². The smallest absolute Gasteiger partial charge is 0.122 e. The quantitative estimate of drug-likeness (QED) is 0.579. The predicted octanol–water partition coefficient (Wildman–Crippen LogP) is 5.16. The van der Waals surface area contributed by atoms with E-state index in [4.69, 9.17) is 9.47 Å². The molecule has 2 aromatic carbocycles. The molecular formula is C26H38N2O2. The molecular weight excluding hydrogens is 372 g/mol. The fourth-order valence-corrected chi connectivity index (χ4v) is 4.71. The van der Waals surface area contributed by atoms with Gasteiger partial charge in [0.05, 0.1) is 12.7 Å². The SMILES string of the molecule is CCC1(C)C[C@](CCNCc2ccc(N(C)C)cc2)(c2ccccc2OC)CCO1. The molecule has 30 heavy (non-hydrogen) atoms. The van der Waals surface area contributed by atoms with Gasteiger partial charge in [0.15, 0.2) is 0 Å². The molecule has 164 valence electrons. The number of ether oxygens (including phenoxy) is 2. The van der Waals surface area contributed by atoms with Crippen LogP contribution in [-0.2, 0) is 16.7 Å². The van der Waals surface area contributed by atoms with E-state index in [0.29, 0.717) is 0 Å². The number of benzene rings is 2. The van der Waals surface area contributed by atoms with Gasteiger partial charge in [0, 0.05) is 43.9 Å². The number of nitrogens with one attached hydrogen (secondary N) is 1. The number of para-hydroxylation sites is 1. The van der Waals surface area contributed by atoms with E-state index >= 15 is 0 Å². The molecule has 1 N–H and O–H groups in total. The first-order chi connectivity index (χ1) is 14.4. The van der Waals surface area contributed by atoms with E-state index in [1.807, 2.05) is 0 Å². The van der Waals surface area contributed by atoms with E-state index in [9.17, 15) is 0 Å². The molecule has 0 spiro atoms. The molecule has 2 atom stereocenters. The first kappa shape index (κ1) is 22.6. The van der Waals surface area contributed by atoms with Crippen molar-refractivity contribution in [3.05, 3.63) is 59.7 Å². The van der Waals surface area contributed by atoms with Crippen LogP contribution in [-0.4, -0.2) is 40.0 Å². The molecule has 4 heteroatoms. The highest BCUT2D eigenvalue weighted by Crippen LogP contribution is 2.47. The summed E-state index contributed by atoms with van der Waals surface area (Å²) >= 11 is 0. The molecule has 0 saturated carbocycles. The third kappa shape index (κ3) is 5.16. The van der Waals surface area contributed by atoms with Gasteiger partial charge in [0.2, 0.25) is 0 Å². The van der Waals surface area contributed by atoms with Gasteiger partial charge in [-0.2, -0.15) is 0 Å². The number of nitrogens with zero attached hydrogens (tertiary/aromatic N) is 1. The third-order valence-corrected chi connectivity index (χ3v) is 6.73. The predicted molar refractivity (Wildman–Crippen MR) is 126 cm³/mol. The topological polar surface area (TPSA) is 33.7 Å². The Balaban J connectivity index is 1.72. The van der Waals surface area contributed by atoms with Crippen LogP contribution in [0.5, 0.6) is 5.75 Å². The van der Waals surface area contributed by atoms with Crippen LogP contribution in [0.15, 0.2) is 48.5 Å². The van der Waals surface area contributed by atoms with Gasteiger partial charge < -0.3 is 19.7 Å². The van der Waals surface area contributed by atoms with E-state index in [2.05, 4.69) is 86.7 Å². The Labute approximate surface area is 182 Å². The highest BCUT2D eigenvalue weighted by atomic mass is 16.5. The Hall–Kier alpha value is -2.04. The van der Waals surface area contributed by atoms with Gasteiger partial charge in [-0.15, -0.1) is 0 Å². The third-order valence-electron chi connectivity index (χ3n) is 6.73. The summed E-state index contributed by atoms with van der Waals surface area (Å²) in [6.07, 6.45) is 4.15. The lowest BCUT2D eigenvalue weighted by Gasteiger charge is -2.47. The lowest BCUT2D eigenvalue weighted by Crippen LogP contribution is -2.46. The Kier molecular flexibility index (Phi) is 7.43. The fraction of sp³-hybridized carbons (Fsp3) is 0.538. The minimum Gasteiger partial charge on any atom is -0.496 e. The number of hydrogen-bond acceptors (Lipinski definition) is 4. The van der Waals surface area contributed by atoms with Gasteiger partial charge in [-0.1, -0.05) is 37.3 Å². The summed E-state index contributed by atoms with van der Waals surface area (Å²) in [5.74, 6) is 0.997. The zero-order chi connectivity index (χ0) is 21.6. The molecule has 1 aliphatic heterocycles. The molecule has 1 heterocycles. The van der Waals surface area contributed by atoms with Gasteiger partial charge >= 0.3 is 0 Å². The number of anilines is 1. The Morgan fingerprint density at radius 3 is 2.50 bits per heavy atom. The summed E-state index contributed by atoms with van der Waals surface area (Å²) in [5.41, 5.74) is 3.86. The molecule has 4 nitrogen and oxygen atoms in total. The van der Waals surface area contributed by atoms with Crippen molar-refractivity contribution in [1.82, 2.24) is 5.32 Å². The van der Waals surface area contributed by atoms with Crippen molar-refractivity contribution in [2.75, 3.05) is 39.3 Å². The van der Waals surface area contributed by atoms with Crippen LogP contribution in [0.3, 0.4) is 0 Å². The number of methoxy groups -OCH3 is 1. The van der Waals surface area contributed by atoms with Crippen LogP contribution >= 0.6 is 0 Å². The zero-order valence-corrected chi connectivity index (χ0v) is 19.3. The van der Waals surface area contributed by atoms with Crippen LogP contribution in [0.2, 0.25) is 0 Å². The monoisotopic (exact) mass is 410 g/mol. The van der Waals surface area contributed by atoms with Gasteiger partial charge in [-0.3, -0.25) is 0 Å². The van der Waals surface area contributed by atoms with E-state index in [1.54, 1.807) is 7.11 Å². The highest BCUT2D eigenvalue weighted by Gasteiger charge is 2.44. The van der Waals surface area contributed by atoms with Crippen LogP contribution in [0.1, 0.15) is 50.7 Å². The van der Waals surface area contributed by atoms with Crippen LogP contribution in [0.25, 0.3) is 0 Å². The average Bonchev–Trinajstić information content (AvgIpc) is 2.77. The Bertz CT molecular complexity index is 805. The molecule has 1 fully saturated rings. The second kappa shape index (κ2) is 9.84. The molecule has 0 bridgehead atoms. The maximum absolute atomic E-state index is 6.21. The largest absolute Gasteiger partial charge is 0.496 e. The normalized spacial score (nSPS) is 23.9. The average molecular weight is 411 g/mol. The summed E-state index contributed by atoms with van der Waals surface area (Å²) in [7, 11) is 5.92. The molecule has 1 unspecified atom stereocenters. The lowest BCUT2D eigenvalue weighted by molar-refractivity contribution is -0.0982. The number of rotatable bonds is 9. The van der Waals surface area contributed by atoms with Crippen molar-refractivity contribution in [3.63, 3.8) is 0 Å². The van der Waals surface area contributed by atoms with E-state index < -0.39 is 0 Å². The summed E-state index contributed by atoms with van der Waals surface area (Å²) in [6, 6.07) is 17.3. The van der Waals surface area contributed by atoms with Crippen molar-refractivity contribution in [2.45, 2.75) is 57.1 Å². The van der Waals surface area contributed by atoms with Crippen molar-refractivity contribution >= 4 is 5.69 Å². The van der Waals surface area contributed by atoms with Crippen LogP contribution in [0.4, 0.5) is 5.69 Å². The fourth-order valence-electron chi connectivity index (χ4n) is 4.71. The summed E-state index contributed by atoms with van der Waals surface area (Å²) in [4.78, 5) is 2.13. The standard InChI is InChI=1S/C26H38N2O2/c1-6-25(2)20-26(16-18-30-25,23-9-7-8-10-24(23)29-5)15-17-27-19-21-11-13-22(14-12-21)28(3)4/h7-14,27H,6,15-20H2,1-5H3/t25?,26-/m1/s1. The van der Waals surface area contributed by atoms with Crippen molar-refractivity contribution in [2.24, 2.45) is 0 Å². The molecule has 3 rings (SSSR count). The summed E-state index contributed by atoms with van der Waals surface area (Å²) in [5, 5.41) is 3.68. The maximum Gasteiger partial charge on any atom is 0.122 e. The number of hydrogen-bond donors (Lipinski definition) is 1. The molecule has 0 aromatic heterocycles. The first-order valence-electron chi connectivity index (χ1n) is 11.2. The second-order valence-electron chi connectivity index (χ2n) is 9.05. The summed E-state index contributed by atoms with van der Waals surface area (Å²) in [6.45, 7) is 7.14. The molecule has 1 saturated heterocycles. The van der Waals surface area contributed by atoms with E-state index in [-0.39, 0.29) is 11.0 Å². The molecule has 0 radical (unpaired) electrons. The van der Waals surface area contributed by atoms with Crippen molar-refractivity contribution in [1.29, 1.82) is 0 Å². The molecule has 0 amide bonds. The molecule has 1 aliphatic rings. The van der Waals surface area contributed by atoms with Crippen molar-refractivity contribution in [3.8, 4) is 5.75 Å². The minimum atomic E-state index is -0.0822. The zero-order valence-electron chi connectivity index (χ0n) is 19.3. The summed E-state index contributed by atoms with van der Waals surface area (Å²) < 4.78 is 12.0. The Morgan fingerprint density at radius 1 is 1.10 bits per heavy atom. The maximum atomic E-state index is 6.21. The molecule has 2 aromatic rings. The highest BCUT2D eigenvalue weighted by molar-refractivity contribution is 5.46. The first-order valence-corrected chi connectivity index (χ1v) is 11.2. The minimum absolute atomic E-state index is 0.0669. The van der Waals surface area contributed by atoms with Gasteiger partial charge in [0.1, 0.15) is 5.75 Å². The Morgan fingerprint density at radius 2 is 1.83 bits per heavy atom.